The van der Waals surface area contributed by atoms with Gasteiger partial charge in [-0.25, -0.2) is 0 Å². The molecule has 90 valence electrons. The molecule has 0 fully saturated rings. The van der Waals surface area contributed by atoms with Crippen LogP contribution in [0.4, 0.5) is 0 Å². The van der Waals surface area contributed by atoms with Crippen LogP contribution in [0.2, 0.25) is 0 Å². The van der Waals surface area contributed by atoms with E-state index in [-0.39, 0.29) is 11.9 Å². The fourth-order valence-corrected chi connectivity index (χ4v) is 2.40. The predicted octanol–water partition coefficient (Wildman–Crippen LogP) is 1.62. The Hall–Kier alpha value is -0.220. The molecule has 3 N–H and O–H groups in total. The van der Waals surface area contributed by atoms with E-state index in [2.05, 4.69) is 19.2 Å². The van der Waals surface area contributed by atoms with E-state index in [1.54, 1.807) is 0 Å². The van der Waals surface area contributed by atoms with Gasteiger partial charge in [0.1, 0.15) is 0 Å². The number of likely N-dealkylation sites (N-methyl/N-ethyl adjacent to an activating group) is 1. The maximum atomic E-state index is 11.0. The second kappa shape index (κ2) is 9.04. The number of primary amides is 1. The molecule has 3 nitrogen and oxygen atoms in total. The summed E-state index contributed by atoms with van der Waals surface area (Å²) >= 11 is 1.91. The second-order valence-corrected chi connectivity index (χ2v) is 5.04. The van der Waals surface area contributed by atoms with E-state index in [4.69, 9.17) is 5.73 Å². The summed E-state index contributed by atoms with van der Waals surface area (Å²) in [4.78, 5) is 11.0. The van der Waals surface area contributed by atoms with Crippen LogP contribution in [0.15, 0.2) is 0 Å². The summed E-state index contributed by atoms with van der Waals surface area (Å²) in [6.07, 6.45) is 2.06. The van der Waals surface area contributed by atoms with Gasteiger partial charge in [-0.05, 0) is 30.4 Å². The van der Waals surface area contributed by atoms with Gasteiger partial charge >= 0.3 is 0 Å². The van der Waals surface area contributed by atoms with Crippen molar-refractivity contribution in [1.29, 1.82) is 0 Å². The van der Waals surface area contributed by atoms with Gasteiger partial charge in [0.05, 0.1) is 6.04 Å². The van der Waals surface area contributed by atoms with Crippen molar-refractivity contribution in [3.8, 4) is 0 Å². The van der Waals surface area contributed by atoms with Crippen molar-refractivity contribution in [2.45, 2.75) is 39.7 Å². The van der Waals surface area contributed by atoms with Crippen LogP contribution >= 0.6 is 11.8 Å². The second-order valence-electron chi connectivity index (χ2n) is 3.89. The molecule has 0 spiro atoms. The van der Waals surface area contributed by atoms with Crippen molar-refractivity contribution in [2.24, 2.45) is 11.7 Å². The van der Waals surface area contributed by atoms with E-state index in [0.29, 0.717) is 0 Å². The van der Waals surface area contributed by atoms with Crippen LogP contribution in [0.1, 0.15) is 33.6 Å². The summed E-state index contributed by atoms with van der Waals surface area (Å²) in [5, 5.41) is 3.10. The first-order chi connectivity index (χ1) is 7.11. The van der Waals surface area contributed by atoms with Crippen molar-refractivity contribution >= 4 is 17.7 Å². The normalized spacial score (nSPS) is 14.9. The van der Waals surface area contributed by atoms with Gasteiger partial charge in [-0.2, -0.15) is 11.8 Å². The van der Waals surface area contributed by atoms with Crippen LogP contribution in [0, 0.1) is 5.92 Å². The molecule has 0 rings (SSSR count). The Bertz CT molecular complexity index is 176. The molecule has 2 atom stereocenters. The van der Waals surface area contributed by atoms with Crippen molar-refractivity contribution in [3.63, 3.8) is 0 Å². The van der Waals surface area contributed by atoms with Crippen LogP contribution in [-0.4, -0.2) is 30.0 Å². The molecule has 0 saturated carbocycles. The third kappa shape index (κ3) is 7.68. The van der Waals surface area contributed by atoms with E-state index in [9.17, 15) is 4.79 Å². The molecular weight excluding hydrogens is 208 g/mol. The summed E-state index contributed by atoms with van der Waals surface area (Å²) in [7, 11) is 0. The molecular formula is C11H24N2OS. The van der Waals surface area contributed by atoms with Crippen LogP contribution in [0.5, 0.6) is 0 Å². The van der Waals surface area contributed by atoms with Gasteiger partial charge in [0.2, 0.25) is 5.91 Å². The lowest BCUT2D eigenvalue weighted by molar-refractivity contribution is -0.120. The number of thioether (sulfide) groups is 1. The van der Waals surface area contributed by atoms with Crippen LogP contribution < -0.4 is 11.1 Å². The highest BCUT2D eigenvalue weighted by molar-refractivity contribution is 7.99. The Kier molecular flexibility index (Phi) is 8.91. The number of hydrogen-bond acceptors (Lipinski definition) is 3. The third-order valence-corrected chi connectivity index (χ3v) is 3.77. The Labute approximate surface area is 97.6 Å². The molecule has 0 aliphatic carbocycles. The number of hydrogen-bond donors (Lipinski definition) is 2. The maximum absolute atomic E-state index is 11.0. The fourth-order valence-electron chi connectivity index (χ4n) is 1.19. The average Bonchev–Trinajstić information content (AvgIpc) is 2.21. The van der Waals surface area contributed by atoms with Gasteiger partial charge in [-0.3, -0.25) is 4.79 Å². The summed E-state index contributed by atoms with van der Waals surface area (Å²) in [6.45, 7) is 7.24. The lowest BCUT2D eigenvalue weighted by Crippen LogP contribution is -2.41. The van der Waals surface area contributed by atoms with Crippen molar-refractivity contribution in [2.75, 3.05) is 18.1 Å². The van der Waals surface area contributed by atoms with E-state index in [1.165, 1.54) is 12.2 Å². The number of rotatable bonds is 9. The summed E-state index contributed by atoms with van der Waals surface area (Å²) in [6, 6.07) is -0.153. The Morgan fingerprint density at radius 3 is 2.60 bits per heavy atom. The molecule has 15 heavy (non-hydrogen) atoms. The molecule has 0 aliphatic heterocycles. The molecule has 0 bridgehead atoms. The first-order valence-corrected chi connectivity index (χ1v) is 6.87. The minimum absolute atomic E-state index is 0.153. The van der Waals surface area contributed by atoms with E-state index in [1.807, 2.05) is 18.7 Å². The first kappa shape index (κ1) is 14.8. The van der Waals surface area contributed by atoms with E-state index < -0.39 is 0 Å². The van der Waals surface area contributed by atoms with Gasteiger partial charge < -0.3 is 11.1 Å². The molecule has 0 aromatic heterocycles. The summed E-state index contributed by atoms with van der Waals surface area (Å²) < 4.78 is 0. The Morgan fingerprint density at radius 1 is 1.47 bits per heavy atom. The molecule has 2 unspecified atom stereocenters. The maximum Gasteiger partial charge on any atom is 0.234 e. The van der Waals surface area contributed by atoms with Crippen LogP contribution in [0.3, 0.4) is 0 Å². The number of nitrogens with two attached hydrogens (primary N) is 1. The zero-order valence-electron chi connectivity index (χ0n) is 10.1. The van der Waals surface area contributed by atoms with E-state index in [0.717, 1.165) is 24.6 Å². The minimum atomic E-state index is -0.235. The van der Waals surface area contributed by atoms with Crippen molar-refractivity contribution in [3.05, 3.63) is 0 Å². The minimum Gasteiger partial charge on any atom is -0.368 e. The number of amides is 1. The van der Waals surface area contributed by atoms with Gasteiger partial charge in [-0.15, -0.1) is 0 Å². The van der Waals surface area contributed by atoms with Crippen LogP contribution in [-0.2, 0) is 4.79 Å². The molecule has 0 heterocycles. The highest BCUT2D eigenvalue weighted by Crippen LogP contribution is 2.12. The third-order valence-electron chi connectivity index (χ3n) is 2.44. The highest BCUT2D eigenvalue weighted by Gasteiger charge is 2.12. The number of carbonyl (C=O) groups excluding carboxylic acids is 1. The lowest BCUT2D eigenvalue weighted by Gasteiger charge is -2.14. The lowest BCUT2D eigenvalue weighted by atomic mass is 10.2. The molecule has 0 aromatic rings. The standard InChI is InChI=1S/C11H24N2OS/c1-4-9(3)8-15-7-6-10(11(12)14)13-5-2/h9-10,13H,4-8H2,1-3H3,(H2,12,14). The molecule has 1 amide bonds. The largest absolute Gasteiger partial charge is 0.368 e. The van der Waals surface area contributed by atoms with Crippen molar-refractivity contribution in [1.82, 2.24) is 5.32 Å². The van der Waals surface area contributed by atoms with Crippen molar-refractivity contribution < 1.29 is 4.79 Å². The molecule has 4 heteroatoms. The average molecular weight is 232 g/mol. The molecule has 0 aliphatic rings. The van der Waals surface area contributed by atoms with E-state index >= 15 is 0 Å². The zero-order valence-corrected chi connectivity index (χ0v) is 10.9. The zero-order chi connectivity index (χ0) is 11.7. The van der Waals surface area contributed by atoms with Gasteiger partial charge in [0.15, 0.2) is 0 Å². The van der Waals surface area contributed by atoms with Gasteiger partial charge in [0, 0.05) is 0 Å². The molecule has 0 radical (unpaired) electrons. The smallest absolute Gasteiger partial charge is 0.234 e. The topological polar surface area (TPSA) is 55.1 Å². The van der Waals surface area contributed by atoms with Crippen LogP contribution in [0.25, 0.3) is 0 Å². The monoisotopic (exact) mass is 232 g/mol. The predicted molar refractivity (Wildman–Crippen MR) is 68.1 cm³/mol. The highest BCUT2D eigenvalue weighted by atomic mass is 32.2. The first-order valence-electron chi connectivity index (χ1n) is 5.72. The molecule has 0 aromatic carbocycles. The van der Waals surface area contributed by atoms with Gasteiger partial charge in [0.25, 0.3) is 0 Å². The quantitative estimate of drug-likeness (QED) is 0.594. The Balaban J connectivity index is 3.58. The van der Waals surface area contributed by atoms with Gasteiger partial charge in [-0.1, -0.05) is 27.2 Å². The molecule has 0 saturated heterocycles. The number of nitrogens with one attached hydrogen (secondary N) is 1. The number of carbonyl (C=O) groups is 1. The SMILES string of the molecule is CCNC(CCSCC(C)CC)C(N)=O. The Morgan fingerprint density at radius 2 is 2.13 bits per heavy atom. The summed E-state index contributed by atoms with van der Waals surface area (Å²) in [5.41, 5.74) is 5.28. The summed E-state index contributed by atoms with van der Waals surface area (Å²) in [5.74, 6) is 2.71. The fraction of sp³-hybridized carbons (Fsp3) is 0.909.